The Labute approximate surface area is 213 Å². The first-order chi connectivity index (χ1) is 16.4. The highest BCUT2D eigenvalue weighted by Gasteiger charge is 2.44. The number of hydrogen-bond donors (Lipinski definition) is 2. The topological polar surface area (TPSA) is 84.2 Å². The van der Waals surface area contributed by atoms with Gasteiger partial charge in [0.05, 0.1) is 11.8 Å². The average molecular weight is 583 g/mol. The molecule has 0 fully saturated rings. The molecule has 1 amide bonds. The van der Waals surface area contributed by atoms with Crippen LogP contribution in [0, 0.1) is 5.92 Å². The molecular formula is C26H21Br2N3O3. The molecule has 172 valence electrons. The molecule has 2 unspecified atom stereocenters. The Morgan fingerprint density at radius 3 is 2.56 bits per heavy atom. The fourth-order valence-electron chi connectivity index (χ4n) is 4.55. The maximum atomic E-state index is 13.5. The molecular weight excluding hydrogens is 562 g/mol. The van der Waals surface area contributed by atoms with Crippen LogP contribution in [0.15, 0.2) is 91.6 Å². The second-order valence-corrected chi connectivity index (χ2v) is 10.2. The summed E-state index contributed by atoms with van der Waals surface area (Å²) in [4.78, 5) is 30.8. The van der Waals surface area contributed by atoms with Gasteiger partial charge in [0.2, 0.25) is 5.91 Å². The molecule has 1 aliphatic heterocycles. The highest BCUT2D eigenvalue weighted by Crippen LogP contribution is 2.45. The Morgan fingerprint density at radius 1 is 1.06 bits per heavy atom. The number of amides is 1. The largest absolute Gasteiger partial charge is 0.460 e. The molecule has 3 heterocycles. The van der Waals surface area contributed by atoms with Crippen LogP contribution in [0.5, 0.6) is 0 Å². The maximum absolute atomic E-state index is 13.5. The molecule has 0 spiro atoms. The molecule has 3 aromatic rings. The van der Waals surface area contributed by atoms with Crippen molar-refractivity contribution < 1.29 is 14.0 Å². The third-order valence-corrected chi connectivity index (χ3v) is 7.11. The Morgan fingerprint density at radius 2 is 1.82 bits per heavy atom. The van der Waals surface area contributed by atoms with E-state index in [9.17, 15) is 9.59 Å². The number of benzene rings is 1. The van der Waals surface area contributed by atoms with Crippen molar-refractivity contribution in [3.05, 3.63) is 93.0 Å². The molecule has 2 N–H and O–H groups in total. The van der Waals surface area contributed by atoms with Crippen LogP contribution in [-0.4, -0.2) is 16.7 Å². The molecule has 0 radical (unpaired) electrons. The molecule has 1 aromatic carbocycles. The molecule has 6 nitrogen and oxygen atoms in total. The number of rotatable bonds is 4. The number of carbonyl (C=O) groups is 2. The van der Waals surface area contributed by atoms with Gasteiger partial charge in [0.25, 0.3) is 0 Å². The standard InChI is InChI=1S/C26H21Br2N3O3/c1-14-23(26(33)31-22-12-9-17(28)13-29-22)25(24-18(30-14)3-2-4-19(24)32)21-11-10-20(34-21)15-5-7-16(27)8-6-15/h5-13,23,25,30H,1-4H2,(H,29,31,33). The van der Waals surface area contributed by atoms with Crippen molar-refractivity contribution in [2.45, 2.75) is 25.2 Å². The molecule has 34 heavy (non-hydrogen) atoms. The zero-order chi connectivity index (χ0) is 23.8. The van der Waals surface area contributed by atoms with Gasteiger partial charge in [-0.2, -0.15) is 0 Å². The SMILES string of the molecule is C=C1NC2=C(C(=O)CCC2)C(c2ccc(-c3ccc(Br)cc3)o2)C1C(=O)Nc1ccc(Br)cn1. The van der Waals surface area contributed by atoms with Crippen molar-refractivity contribution in [1.29, 1.82) is 0 Å². The molecule has 2 aromatic heterocycles. The van der Waals surface area contributed by atoms with Crippen LogP contribution in [0.25, 0.3) is 11.3 Å². The second-order valence-electron chi connectivity index (χ2n) is 8.33. The Balaban J connectivity index is 1.55. The molecule has 1 aliphatic carbocycles. The van der Waals surface area contributed by atoms with Crippen LogP contribution in [0.4, 0.5) is 5.82 Å². The zero-order valence-corrected chi connectivity index (χ0v) is 21.3. The van der Waals surface area contributed by atoms with E-state index in [2.05, 4.69) is 54.1 Å². The fraction of sp³-hybridized carbons (Fsp3) is 0.192. The van der Waals surface area contributed by atoms with Gasteiger partial charge in [0.15, 0.2) is 5.78 Å². The van der Waals surface area contributed by atoms with Crippen LogP contribution in [0.1, 0.15) is 30.9 Å². The van der Waals surface area contributed by atoms with E-state index < -0.39 is 11.8 Å². The summed E-state index contributed by atoms with van der Waals surface area (Å²) in [7, 11) is 0. The van der Waals surface area contributed by atoms with Crippen LogP contribution in [0.2, 0.25) is 0 Å². The number of carbonyl (C=O) groups excluding carboxylic acids is 2. The highest BCUT2D eigenvalue weighted by molar-refractivity contribution is 9.10. The lowest BCUT2D eigenvalue weighted by Gasteiger charge is -2.37. The highest BCUT2D eigenvalue weighted by atomic mass is 79.9. The van der Waals surface area contributed by atoms with Gasteiger partial charge in [-0.15, -0.1) is 0 Å². The minimum absolute atomic E-state index is 0.0346. The molecule has 2 aliphatic rings. The van der Waals surface area contributed by atoms with E-state index in [0.717, 1.165) is 33.0 Å². The first-order valence-electron chi connectivity index (χ1n) is 10.9. The van der Waals surface area contributed by atoms with Crippen molar-refractivity contribution >= 4 is 49.4 Å². The number of anilines is 1. The summed E-state index contributed by atoms with van der Waals surface area (Å²) >= 11 is 6.80. The van der Waals surface area contributed by atoms with E-state index in [1.807, 2.05) is 36.4 Å². The minimum Gasteiger partial charge on any atom is -0.460 e. The second kappa shape index (κ2) is 9.35. The summed E-state index contributed by atoms with van der Waals surface area (Å²) in [6, 6.07) is 15.0. The van der Waals surface area contributed by atoms with Gasteiger partial charge in [0, 0.05) is 44.1 Å². The first kappa shape index (κ1) is 22.8. The van der Waals surface area contributed by atoms with Crippen molar-refractivity contribution in [2.24, 2.45) is 5.92 Å². The number of nitrogens with one attached hydrogen (secondary N) is 2. The lowest BCUT2D eigenvalue weighted by atomic mass is 9.73. The molecule has 2 atom stereocenters. The molecule has 5 rings (SSSR count). The van der Waals surface area contributed by atoms with E-state index in [4.69, 9.17) is 4.42 Å². The van der Waals surface area contributed by atoms with Gasteiger partial charge in [0.1, 0.15) is 17.3 Å². The Hall–Kier alpha value is -2.97. The predicted octanol–water partition coefficient (Wildman–Crippen LogP) is 6.33. The quantitative estimate of drug-likeness (QED) is 0.375. The van der Waals surface area contributed by atoms with Crippen molar-refractivity contribution in [2.75, 3.05) is 5.32 Å². The summed E-state index contributed by atoms with van der Waals surface area (Å²) < 4.78 is 8.05. The Kier molecular flexibility index (Phi) is 6.27. The number of furan rings is 1. The van der Waals surface area contributed by atoms with E-state index in [0.29, 0.717) is 35.0 Å². The van der Waals surface area contributed by atoms with Crippen LogP contribution in [-0.2, 0) is 9.59 Å². The smallest absolute Gasteiger partial charge is 0.235 e. The monoisotopic (exact) mass is 581 g/mol. The van der Waals surface area contributed by atoms with Crippen LogP contribution >= 0.6 is 31.9 Å². The number of hydrogen-bond acceptors (Lipinski definition) is 5. The van der Waals surface area contributed by atoms with Gasteiger partial charge in [-0.25, -0.2) is 4.98 Å². The molecule has 0 saturated carbocycles. The van der Waals surface area contributed by atoms with Crippen molar-refractivity contribution in [1.82, 2.24) is 10.3 Å². The summed E-state index contributed by atoms with van der Waals surface area (Å²) in [5, 5.41) is 6.12. The van der Waals surface area contributed by atoms with E-state index >= 15 is 0 Å². The number of halogens is 2. The molecule has 8 heteroatoms. The minimum atomic E-state index is -0.741. The lowest BCUT2D eigenvalue weighted by molar-refractivity contribution is -0.120. The number of pyridine rings is 1. The van der Waals surface area contributed by atoms with Gasteiger partial charge >= 0.3 is 0 Å². The third-order valence-electron chi connectivity index (χ3n) is 6.11. The van der Waals surface area contributed by atoms with Gasteiger partial charge < -0.3 is 15.1 Å². The van der Waals surface area contributed by atoms with E-state index in [1.54, 1.807) is 18.3 Å². The number of nitrogens with zero attached hydrogens (tertiary/aromatic N) is 1. The van der Waals surface area contributed by atoms with Crippen LogP contribution < -0.4 is 10.6 Å². The number of ketones is 1. The van der Waals surface area contributed by atoms with Gasteiger partial charge in [-0.1, -0.05) is 34.6 Å². The average Bonchev–Trinajstić information content (AvgIpc) is 3.30. The number of aromatic nitrogens is 1. The summed E-state index contributed by atoms with van der Waals surface area (Å²) in [6.45, 7) is 4.15. The number of Topliss-reactive ketones (excluding diaryl/α,β-unsaturated/α-hetero) is 1. The number of allylic oxidation sites excluding steroid dienone is 2. The van der Waals surface area contributed by atoms with Gasteiger partial charge in [-0.05, 0) is 65.2 Å². The predicted molar refractivity (Wildman–Crippen MR) is 137 cm³/mol. The van der Waals surface area contributed by atoms with E-state index in [-0.39, 0.29) is 11.7 Å². The van der Waals surface area contributed by atoms with Crippen LogP contribution in [0.3, 0.4) is 0 Å². The van der Waals surface area contributed by atoms with Gasteiger partial charge in [-0.3, -0.25) is 9.59 Å². The normalized spacial score (nSPS) is 20.1. The Bertz CT molecular complexity index is 1310. The summed E-state index contributed by atoms with van der Waals surface area (Å²) in [6.07, 6.45) is 3.57. The lowest BCUT2D eigenvalue weighted by Crippen LogP contribution is -2.42. The molecule has 0 saturated heterocycles. The van der Waals surface area contributed by atoms with Crippen molar-refractivity contribution in [3.63, 3.8) is 0 Å². The fourth-order valence-corrected chi connectivity index (χ4v) is 5.05. The summed E-state index contributed by atoms with van der Waals surface area (Å²) in [5.74, 6) is 0.0742. The van der Waals surface area contributed by atoms with E-state index in [1.165, 1.54) is 0 Å². The first-order valence-corrected chi connectivity index (χ1v) is 12.5. The summed E-state index contributed by atoms with van der Waals surface area (Å²) in [5.41, 5.74) is 2.89. The van der Waals surface area contributed by atoms with Crippen molar-refractivity contribution in [3.8, 4) is 11.3 Å². The zero-order valence-electron chi connectivity index (χ0n) is 18.1. The third kappa shape index (κ3) is 4.40. The molecule has 0 bridgehead atoms. The maximum Gasteiger partial charge on any atom is 0.235 e.